The summed E-state index contributed by atoms with van der Waals surface area (Å²) < 4.78 is 12.7. The van der Waals surface area contributed by atoms with Gasteiger partial charge in [-0.05, 0) is 22.0 Å². The molecule has 0 radical (unpaired) electrons. The van der Waals surface area contributed by atoms with Crippen molar-refractivity contribution < 1.29 is 4.39 Å². The second kappa shape index (κ2) is 4.85. The molecule has 0 aromatic carbocycles. The molecule has 1 heterocycles. The van der Waals surface area contributed by atoms with Crippen LogP contribution in [-0.2, 0) is 6.54 Å². The first kappa shape index (κ1) is 9.16. The monoisotopic (exact) mass is 237 g/mol. The van der Waals surface area contributed by atoms with Crippen molar-refractivity contribution in [1.82, 2.24) is 5.32 Å². The fourth-order valence-corrected chi connectivity index (χ4v) is 2.15. The van der Waals surface area contributed by atoms with Gasteiger partial charge >= 0.3 is 0 Å². The van der Waals surface area contributed by atoms with Crippen molar-refractivity contribution in [3.63, 3.8) is 0 Å². The molecule has 1 rings (SSSR count). The third-order valence-corrected chi connectivity index (χ3v) is 2.89. The van der Waals surface area contributed by atoms with Crippen LogP contribution in [0.15, 0.2) is 15.9 Å². The molecule has 1 aromatic rings. The molecule has 0 saturated carbocycles. The minimum absolute atomic E-state index is 0.299. The standard InChI is InChI=1S/C7H9BrFNS/c8-6-3-7(11-5-6)4-10-2-1-9/h3,5,10H,1-2,4H2. The van der Waals surface area contributed by atoms with Crippen LogP contribution in [0, 0.1) is 0 Å². The van der Waals surface area contributed by atoms with Crippen molar-refractivity contribution in [2.24, 2.45) is 0 Å². The highest BCUT2D eigenvalue weighted by molar-refractivity contribution is 9.10. The van der Waals surface area contributed by atoms with Crippen molar-refractivity contribution in [3.8, 4) is 0 Å². The summed E-state index contributed by atoms with van der Waals surface area (Å²) in [7, 11) is 0. The topological polar surface area (TPSA) is 12.0 Å². The normalized spacial score (nSPS) is 10.4. The van der Waals surface area contributed by atoms with Crippen LogP contribution in [0.25, 0.3) is 0 Å². The molecule has 11 heavy (non-hydrogen) atoms. The minimum atomic E-state index is -0.299. The lowest BCUT2D eigenvalue weighted by molar-refractivity contribution is 0.467. The Kier molecular flexibility index (Phi) is 4.04. The summed E-state index contributed by atoms with van der Waals surface area (Å²) in [6.45, 7) is 0.905. The number of hydrogen-bond acceptors (Lipinski definition) is 2. The van der Waals surface area contributed by atoms with Crippen LogP contribution >= 0.6 is 27.3 Å². The summed E-state index contributed by atoms with van der Waals surface area (Å²) in [5.41, 5.74) is 0. The SMILES string of the molecule is FCCNCc1cc(Br)cs1. The quantitative estimate of drug-likeness (QED) is 0.795. The lowest BCUT2D eigenvalue weighted by Crippen LogP contribution is -2.14. The number of rotatable bonds is 4. The lowest BCUT2D eigenvalue weighted by Gasteiger charge is -1.96. The van der Waals surface area contributed by atoms with Gasteiger partial charge < -0.3 is 5.32 Å². The van der Waals surface area contributed by atoms with E-state index in [0.29, 0.717) is 6.54 Å². The maximum Gasteiger partial charge on any atom is 0.102 e. The molecule has 1 N–H and O–H groups in total. The highest BCUT2D eigenvalue weighted by Gasteiger charge is 1.95. The Balaban J connectivity index is 2.27. The summed E-state index contributed by atoms with van der Waals surface area (Å²) in [4.78, 5) is 1.23. The molecule has 0 bridgehead atoms. The van der Waals surface area contributed by atoms with Crippen LogP contribution in [0.1, 0.15) is 4.88 Å². The average molecular weight is 238 g/mol. The first-order valence-electron chi connectivity index (χ1n) is 3.32. The molecule has 0 fully saturated rings. The summed E-state index contributed by atoms with van der Waals surface area (Å²) in [6, 6.07) is 2.04. The highest BCUT2D eigenvalue weighted by Crippen LogP contribution is 2.19. The van der Waals surface area contributed by atoms with E-state index in [4.69, 9.17) is 0 Å². The van der Waals surface area contributed by atoms with Crippen molar-refractivity contribution in [2.45, 2.75) is 6.54 Å². The number of hydrogen-bond donors (Lipinski definition) is 1. The Morgan fingerprint density at radius 3 is 3.00 bits per heavy atom. The van der Waals surface area contributed by atoms with Crippen LogP contribution in [0.2, 0.25) is 0 Å². The molecule has 0 aliphatic carbocycles. The molecular weight excluding hydrogens is 229 g/mol. The molecule has 1 nitrogen and oxygen atoms in total. The molecule has 0 aliphatic heterocycles. The molecule has 0 amide bonds. The molecule has 62 valence electrons. The zero-order chi connectivity index (χ0) is 8.10. The number of alkyl halides is 1. The second-order valence-corrected chi connectivity index (χ2v) is 4.01. The van der Waals surface area contributed by atoms with E-state index in [0.717, 1.165) is 11.0 Å². The van der Waals surface area contributed by atoms with Gasteiger partial charge in [-0.25, -0.2) is 4.39 Å². The molecule has 4 heteroatoms. The smallest absolute Gasteiger partial charge is 0.102 e. The van der Waals surface area contributed by atoms with Gasteiger partial charge in [0.15, 0.2) is 0 Å². The van der Waals surface area contributed by atoms with Crippen molar-refractivity contribution in [1.29, 1.82) is 0 Å². The van der Waals surface area contributed by atoms with E-state index in [-0.39, 0.29) is 6.67 Å². The highest BCUT2D eigenvalue weighted by atomic mass is 79.9. The summed E-state index contributed by atoms with van der Waals surface area (Å²) >= 11 is 5.02. The van der Waals surface area contributed by atoms with E-state index in [1.165, 1.54) is 4.88 Å². The van der Waals surface area contributed by atoms with Gasteiger partial charge in [0.1, 0.15) is 6.67 Å². The number of thiophene rings is 1. The van der Waals surface area contributed by atoms with E-state index in [2.05, 4.69) is 21.2 Å². The first-order valence-corrected chi connectivity index (χ1v) is 5.00. The van der Waals surface area contributed by atoms with Crippen molar-refractivity contribution in [3.05, 3.63) is 20.8 Å². The molecule has 1 aromatic heterocycles. The minimum Gasteiger partial charge on any atom is -0.309 e. The predicted octanol–water partition coefficient (Wildman–Crippen LogP) is 2.57. The van der Waals surface area contributed by atoms with Gasteiger partial charge in [0.25, 0.3) is 0 Å². The van der Waals surface area contributed by atoms with E-state index in [9.17, 15) is 4.39 Å². The molecule has 0 atom stereocenters. The summed E-state index contributed by atoms with van der Waals surface area (Å²) in [5.74, 6) is 0. The summed E-state index contributed by atoms with van der Waals surface area (Å²) in [5, 5.41) is 5.00. The lowest BCUT2D eigenvalue weighted by atomic mass is 10.4. The van der Waals surface area contributed by atoms with Gasteiger partial charge in [-0.1, -0.05) is 0 Å². The molecule has 0 unspecified atom stereocenters. The van der Waals surface area contributed by atoms with Crippen LogP contribution in [-0.4, -0.2) is 13.2 Å². The Morgan fingerprint density at radius 2 is 2.45 bits per heavy atom. The first-order chi connectivity index (χ1) is 5.33. The van der Waals surface area contributed by atoms with E-state index < -0.39 is 0 Å². The molecular formula is C7H9BrFNS. The zero-order valence-corrected chi connectivity index (χ0v) is 8.34. The third-order valence-electron chi connectivity index (χ3n) is 1.19. The Hall–Kier alpha value is 0.0700. The molecule has 0 aliphatic rings. The largest absolute Gasteiger partial charge is 0.309 e. The third kappa shape index (κ3) is 3.31. The van der Waals surface area contributed by atoms with Crippen LogP contribution in [0.5, 0.6) is 0 Å². The van der Waals surface area contributed by atoms with Gasteiger partial charge in [-0.3, -0.25) is 0 Å². The maximum atomic E-state index is 11.6. The average Bonchev–Trinajstić information content (AvgIpc) is 2.37. The zero-order valence-electron chi connectivity index (χ0n) is 5.94. The molecule has 0 saturated heterocycles. The number of nitrogens with one attached hydrogen (secondary N) is 1. The summed E-state index contributed by atoms with van der Waals surface area (Å²) in [6.07, 6.45) is 0. The van der Waals surface area contributed by atoms with E-state index >= 15 is 0 Å². The van der Waals surface area contributed by atoms with Gasteiger partial charge in [-0.15, -0.1) is 11.3 Å². The van der Waals surface area contributed by atoms with Gasteiger partial charge in [0, 0.05) is 27.8 Å². The fourth-order valence-electron chi connectivity index (χ4n) is 0.725. The van der Waals surface area contributed by atoms with Crippen molar-refractivity contribution >= 4 is 27.3 Å². The second-order valence-electron chi connectivity index (χ2n) is 2.10. The van der Waals surface area contributed by atoms with E-state index in [1.807, 2.05) is 11.4 Å². The number of halogens is 2. The van der Waals surface area contributed by atoms with E-state index in [1.54, 1.807) is 11.3 Å². The maximum absolute atomic E-state index is 11.6. The van der Waals surface area contributed by atoms with Gasteiger partial charge in [0.05, 0.1) is 0 Å². The Morgan fingerprint density at radius 1 is 1.64 bits per heavy atom. The van der Waals surface area contributed by atoms with Gasteiger partial charge in [-0.2, -0.15) is 0 Å². The van der Waals surface area contributed by atoms with Crippen molar-refractivity contribution in [2.75, 3.05) is 13.2 Å². The van der Waals surface area contributed by atoms with Gasteiger partial charge in [0.2, 0.25) is 0 Å². The molecule has 0 spiro atoms. The Bertz CT molecular complexity index is 214. The predicted molar refractivity (Wildman–Crippen MR) is 49.7 cm³/mol. The van der Waals surface area contributed by atoms with Crippen LogP contribution < -0.4 is 5.32 Å². The Labute approximate surface area is 77.7 Å². The van der Waals surface area contributed by atoms with Crippen LogP contribution in [0.3, 0.4) is 0 Å². The fraction of sp³-hybridized carbons (Fsp3) is 0.429. The van der Waals surface area contributed by atoms with Crippen LogP contribution in [0.4, 0.5) is 4.39 Å².